The molecule has 11 heteroatoms. The first-order valence-corrected chi connectivity index (χ1v) is 13.6. The third-order valence-electron chi connectivity index (χ3n) is 5.84. The summed E-state index contributed by atoms with van der Waals surface area (Å²) in [6.45, 7) is 4.51. The van der Waals surface area contributed by atoms with Crippen LogP contribution < -0.4 is 4.74 Å². The minimum atomic E-state index is -3.70. The molecular weight excluding hydrogens is 529 g/mol. The zero-order valence-electron chi connectivity index (χ0n) is 20.5. The van der Waals surface area contributed by atoms with E-state index in [0.717, 1.165) is 5.56 Å². The van der Waals surface area contributed by atoms with Gasteiger partial charge in [-0.15, -0.1) is 0 Å². The lowest BCUT2D eigenvalue weighted by Crippen LogP contribution is -2.29. The second-order valence-electron chi connectivity index (χ2n) is 9.56. The highest BCUT2D eigenvalue weighted by Crippen LogP contribution is 2.65. The van der Waals surface area contributed by atoms with Gasteiger partial charge in [0.15, 0.2) is 0 Å². The van der Waals surface area contributed by atoms with Gasteiger partial charge in [0.25, 0.3) is 5.69 Å². The zero-order chi connectivity index (χ0) is 26.9. The van der Waals surface area contributed by atoms with E-state index in [9.17, 15) is 14.7 Å². The molecule has 2 aliphatic heterocycles. The molecule has 0 atom stereocenters. The fourth-order valence-electron chi connectivity index (χ4n) is 3.79. The van der Waals surface area contributed by atoms with Crippen LogP contribution in [0.1, 0.15) is 25.0 Å². The largest absolute Gasteiger partial charge is 0.456 e. The lowest BCUT2D eigenvalue weighted by Gasteiger charge is -2.35. The molecule has 1 saturated heterocycles. The van der Waals surface area contributed by atoms with E-state index in [1.54, 1.807) is 48.5 Å². The van der Waals surface area contributed by atoms with Crippen molar-refractivity contribution in [3.63, 3.8) is 0 Å². The van der Waals surface area contributed by atoms with Gasteiger partial charge in [0, 0.05) is 28.1 Å². The molecule has 2 aliphatic rings. The molecule has 9 nitrogen and oxygen atoms in total. The fraction of sp³-hybridized carbons (Fsp3) is 0.185. The van der Waals surface area contributed by atoms with Crippen molar-refractivity contribution in [3.8, 4) is 5.75 Å². The molecule has 0 unspecified atom stereocenters. The molecule has 3 aromatic carbocycles. The number of nitro benzene ring substituents is 1. The molecule has 0 bridgehead atoms. The number of hydrogen-bond donors (Lipinski definition) is 0. The number of halogens is 1. The standard InChI is InChI=1S/C27H23ClN3O6P/c1-27(2)16-35-38(34,36-17-27)26(18-3-6-20(28)7-4-18)25-13-5-19-15-22(10-14-24(19)37-25)30-29-21-8-11-23(12-9-21)31(32)33/h3-15H,16-17H2,1-2H3/b26-25+,30-29?. The Balaban J connectivity index is 1.45. The Hall–Kier alpha value is -3.62. The Bertz CT molecular complexity index is 1520. The predicted molar refractivity (Wildman–Crippen MR) is 145 cm³/mol. The Morgan fingerprint density at radius 1 is 0.947 bits per heavy atom. The number of rotatable bonds is 5. The van der Waals surface area contributed by atoms with Gasteiger partial charge in [0.2, 0.25) is 0 Å². The molecule has 5 rings (SSSR count). The number of allylic oxidation sites excluding steroid dienone is 1. The maximum atomic E-state index is 13.9. The molecule has 3 aromatic rings. The van der Waals surface area contributed by atoms with Crippen molar-refractivity contribution in [3.05, 3.63) is 105 Å². The van der Waals surface area contributed by atoms with Gasteiger partial charge in [0.1, 0.15) is 16.8 Å². The van der Waals surface area contributed by atoms with Crippen molar-refractivity contribution in [2.24, 2.45) is 15.6 Å². The number of non-ortho nitro benzene ring substituents is 1. The molecule has 2 heterocycles. The highest BCUT2D eigenvalue weighted by Gasteiger charge is 2.42. The molecule has 0 radical (unpaired) electrons. The third-order valence-corrected chi connectivity index (χ3v) is 8.06. The van der Waals surface area contributed by atoms with E-state index in [0.29, 0.717) is 38.8 Å². The van der Waals surface area contributed by atoms with Crippen LogP contribution in [0.2, 0.25) is 5.02 Å². The van der Waals surface area contributed by atoms with Crippen molar-refractivity contribution in [1.82, 2.24) is 0 Å². The first-order valence-electron chi connectivity index (χ1n) is 11.7. The van der Waals surface area contributed by atoms with Gasteiger partial charge in [0.05, 0.1) is 29.5 Å². The Morgan fingerprint density at radius 3 is 2.24 bits per heavy atom. The van der Waals surface area contributed by atoms with E-state index >= 15 is 0 Å². The number of ether oxygens (including phenoxy) is 1. The van der Waals surface area contributed by atoms with Gasteiger partial charge >= 0.3 is 7.60 Å². The number of benzene rings is 3. The van der Waals surface area contributed by atoms with E-state index in [4.69, 9.17) is 25.4 Å². The molecule has 1 fully saturated rings. The maximum Gasteiger partial charge on any atom is 0.365 e. The molecule has 0 aromatic heterocycles. The number of azo groups is 1. The summed E-state index contributed by atoms with van der Waals surface area (Å²) in [6, 6.07) is 18.0. The third kappa shape index (κ3) is 5.61. The fourth-order valence-corrected chi connectivity index (χ4v) is 6.15. The first kappa shape index (κ1) is 26.0. The van der Waals surface area contributed by atoms with Crippen LogP contribution in [-0.2, 0) is 13.6 Å². The Labute approximate surface area is 224 Å². The van der Waals surface area contributed by atoms with Gasteiger partial charge in [-0.3, -0.25) is 14.7 Å². The average Bonchev–Trinajstić information content (AvgIpc) is 2.91. The average molecular weight is 552 g/mol. The summed E-state index contributed by atoms with van der Waals surface area (Å²) in [5.74, 6) is 0.885. The molecule has 0 N–H and O–H groups in total. The number of nitro groups is 1. The summed E-state index contributed by atoms with van der Waals surface area (Å²) in [6.07, 6.45) is 3.55. The van der Waals surface area contributed by atoms with Crippen LogP contribution in [0.4, 0.5) is 17.1 Å². The second kappa shape index (κ2) is 10.3. The molecule has 0 spiro atoms. The van der Waals surface area contributed by atoms with Crippen LogP contribution in [0.3, 0.4) is 0 Å². The molecule has 0 saturated carbocycles. The summed E-state index contributed by atoms with van der Waals surface area (Å²) in [4.78, 5) is 10.3. The van der Waals surface area contributed by atoms with E-state index < -0.39 is 12.5 Å². The van der Waals surface area contributed by atoms with E-state index in [2.05, 4.69) is 10.2 Å². The van der Waals surface area contributed by atoms with Crippen molar-refractivity contribution < 1.29 is 23.3 Å². The van der Waals surface area contributed by atoms with Crippen LogP contribution in [0.5, 0.6) is 5.75 Å². The topological polar surface area (TPSA) is 113 Å². The zero-order valence-corrected chi connectivity index (χ0v) is 22.2. The number of fused-ring (bicyclic) bond motifs is 1. The Morgan fingerprint density at radius 2 is 1.58 bits per heavy atom. The van der Waals surface area contributed by atoms with Crippen LogP contribution in [0.25, 0.3) is 11.4 Å². The minimum absolute atomic E-state index is 0.0168. The maximum absolute atomic E-state index is 13.9. The van der Waals surface area contributed by atoms with Crippen LogP contribution in [0.15, 0.2) is 88.8 Å². The minimum Gasteiger partial charge on any atom is -0.456 e. The summed E-state index contributed by atoms with van der Waals surface area (Å²) in [7, 11) is -3.70. The Kier molecular flexibility index (Phi) is 7.03. The quantitative estimate of drug-likeness (QED) is 0.136. The number of hydrogen-bond acceptors (Lipinski definition) is 8. The van der Waals surface area contributed by atoms with Gasteiger partial charge < -0.3 is 13.8 Å². The predicted octanol–water partition coefficient (Wildman–Crippen LogP) is 8.70. The van der Waals surface area contributed by atoms with Crippen molar-refractivity contribution in [2.75, 3.05) is 13.2 Å². The van der Waals surface area contributed by atoms with Gasteiger partial charge in [-0.05, 0) is 60.2 Å². The SMILES string of the molecule is CC1(C)COP(=O)(/C(=C2\C=Cc3cc(N=Nc4ccc([N+](=O)[O-])cc4)ccc3O2)c2ccc(Cl)cc2)OC1. The van der Waals surface area contributed by atoms with Crippen LogP contribution in [0, 0.1) is 15.5 Å². The molecule has 38 heavy (non-hydrogen) atoms. The lowest BCUT2D eigenvalue weighted by atomic mass is 9.97. The highest BCUT2D eigenvalue weighted by atomic mass is 35.5. The van der Waals surface area contributed by atoms with Gasteiger partial charge in [-0.1, -0.05) is 37.6 Å². The normalized spacial score (nSPS) is 19.0. The summed E-state index contributed by atoms with van der Waals surface area (Å²) in [5.41, 5.74) is 2.13. The van der Waals surface area contributed by atoms with Crippen molar-refractivity contribution >= 4 is 47.6 Å². The molecular formula is C27H23ClN3O6P. The molecule has 0 aliphatic carbocycles. The van der Waals surface area contributed by atoms with Gasteiger partial charge in [-0.25, -0.2) is 0 Å². The second-order valence-corrected chi connectivity index (χ2v) is 12.0. The van der Waals surface area contributed by atoms with Crippen molar-refractivity contribution in [1.29, 1.82) is 0 Å². The van der Waals surface area contributed by atoms with E-state index in [-0.39, 0.29) is 24.3 Å². The highest BCUT2D eigenvalue weighted by molar-refractivity contribution is 7.65. The number of nitrogens with zero attached hydrogens (tertiary/aromatic N) is 3. The van der Waals surface area contributed by atoms with Crippen molar-refractivity contribution in [2.45, 2.75) is 13.8 Å². The summed E-state index contributed by atoms with van der Waals surface area (Å²) < 4.78 is 31.8. The smallest absolute Gasteiger partial charge is 0.365 e. The molecule has 0 amide bonds. The van der Waals surface area contributed by atoms with E-state index in [1.165, 1.54) is 24.3 Å². The van der Waals surface area contributed by atoms with E-state index in [1.807, 2.05) is 19.9 Å². The molecule has 194 valence electrons. The lowest BCUT2D eigenvalue weighted by molar-refractivity contribution is -0.384. The van der Waals surface area contributed by atoms with Crippen LogP contribution >= 0.6 is 19.2 Å². The summed E-state index contributed by atoms with van der Waals surface area (Å²) >= 11 is 6.09. The first-order chi connectivity index (χ1) is 18.1. The monoisotopic (exact) mass is 551 g/mol. The van der Waals surface area contributed by atoms with Gasteiger partial charge in [-0.2, -0.15) is 10.2 Å². The van der Waals surface area contributed by atoms with Crippen LogP contribution in [-0.4, -0.2) is 18.1 Å². The summed E-state index contributed by atoms with van der Waals surface area (Å²) in [5, 5.41) is 20.1.